The first-order chi connectivity index (χ1) is 10.0. The largest absolute Gasteiger partial charge is 0.496 e. The van der Waals surface area contributed by atoms with E-state index < -0.39 is 5.97 Å². The van der Waals surface area contributed by atoms with Crippen LogP contribution in [0.15, 0.2) is 36.5 Å². The Morgan fingerprint density at radius 3 is 2.57 bits per heavy atom. The Balaban J connectivity index is 2.59. The zero-order valence-corrected chi connectivity index (χ0v) is 11.6. The Bertz CT molecular complexity index is 892. The van der Waals surface area contributed by atoms with Crippen molar-refractivity contribution in [1.29, 1.82) is 0 Å². The summed E-state index contributed by atoms with van der Waals surface area (Å²) >= 11 is 0. The summed E-state index contributed by atoms with van der Waals surface area (Å²) in [6.45, 7) is 1.47. The van der Waals surface area contributed by atoms with Crippen LogP contribution in [0.4, 0.5) is 0 Å². The van der Waals surface area contributed by atoms with E-state index in [0.717, 1.165) is 0 Å². The van der Waals surface area contributed by atoms with Gasteiger partial charge < -0.3 is 14.2 Å². The molecule has 1 aromatic carbocycles. The van der Waals surface area contributed by atoms with E-state index in [-0.39, 0.29) is 11.3 Å². The first-order valence-corrected chi connectivity index (χ1v) is 6.39. The highest BCUT2D eigenvalue weighted by atomic mass is 16.5. The number of benzene rings is 1. The lowest BCUT2D eigenvalue weighted by atomic mass is 10.1. The summed E-state index contributed by atoms with van der Waals surface area (Å²) < 4.78 is 7.07. The quantitative estimate of drug-likeness (QED) is 0.750. The number of Topliss-reactive ketones (excluding diaryl/α,β-unsaturated/α-hetero) is 1. The van der Waals surface area contributed by atoms with Gasteiger partial charge in [-0.25, -0.2) is 4.79 Å². The molecule has 0 saturated heterocycles. The molecule has 0 saturated carbocycles. The molecular weight excluding hydrogens is 270 g/mol. The van der Waals surface area contributed by atoms with E-state index in [1.807, 2.05) is 6.07 Å². The lowest BCUT2D eigenvalue weighted by molar-refractivity contribution is 0.0700. The van der Waals surface area contributed by atoms with Gasteiger partial charge in [0.05, 0.1) is 29.1 Å². The van der Waals surface area contributed by atoms with Crippen molar-refractivity contribution in [2.75, 3.05) is 7.11 Å². The minimum atomic E-state index is -1.03. The topological polar surface area (TPSA) is 68.0 Å². The summed E-state index contributed by atoms with van der Waals surface area (Å²) in [5, 5.41) is 10.0. The van der Waals surface area contributed by atoms with Crippen LogP contribution in [0.3, 0.4) is 0 Å². The van der Waals surface area contributed by atoms with Crippen LogP contribution in [0.1, 0.15) is 27.6 Å². The third-order valence-electron chi connectivity index (χ3n) is 3.55. The Morgan fingerprint density at radius 1 is 1.19 bits per heavy atom. The SMILES string of the molecule is COc1cc(C(C)=O)cc2c1c(C(=O)O)c1ccccn12. The predicted octanol–water partition coefficient (Wildman–Crippen LogP) is 3.00. The van der Waals surface area contributed by atoms with Gasteiger partial charge in [-0.1, -0.05) is 6.07 Å². The Hall–Kier alpha value is -2.82. The number of fused-ring (bicyclic) bond motifs is 3. The van der Waals surface area contributed by atoms with Crippen molar-refractivity contribution in [3.05, 3.63) is 47.7 Å². The summed E-state index contributed by atoms with van der Waals surface area (Å²) in [4.78, 5) is 23.3. The molecule has 5 heteroatoms. The van der Waals surface area contributed by atoms with E-state index in [1.165, 1.54) is 14.0 Å². The minimum absolute atomic E-state index is 0.0991. The molecule has 0 spiro atoms. The summed E-state index contributed by atoms with van der Waals surface area (Å²) in [6, 6.07) is 8.59. The van der Waals surface area contributed by atoms with Crippen molar-refractivity contribution in [2.24, 2.45) is 0 Å². The van der Waals surface area contributed by atoms with E-state index in [0.29, 0.717) is 27.7 Å². The average molecular weight is 283 g/mol. The number of carbonyl (C=O) groups is 2. The van der Waals surface area contributed by atoms with Crippen molar-refractivity contribution in [3.63, 3.8) is 0 Å². The molecule has 21 heavy (non-hydrogen) atoms. The Labute approximate surface area is 120 Å². The van der Waals surface area contributed by atoms with Gasteiger partial charge in [-0.3, -0.25) is 4.79 Å². The van der Waals surface area contributed by atoms with E-state index in [2.05, 4.69) is 0 Å². The summed E-state index contributed by atoms with van der Waals surface area (Å²) in [5.74, 6) is -0.737. The number of aromatic carboxylic acids is 1. The third-order valence-corrected chi connectivity index (χ3v) is 3.55. The normalized spacial score (nSPS) is 11.0. The number of carbonyl (C=O) groups excluding carboxylic acids is 1. The van der Waals surface area contributed by atoms with E-state index >= 15 is 0 Å². The molecule has 0 aliphatic heterocycles. The minimum Gasteiger partial charge on any atom is -0.496 e. The monoisotopic (exact) mass is 283 g/mol. The molecule has 2 aromatic heterocycles. The maximum absolute atomic E-state index is 11.7. The molecule has 0 amide bonds. The molecule has 3 aromatic rings. The van der Waals surface area contributed by atoms with Crippen LogP contribution in [-0.4, -0.2) is 28.4 Å². The van der Waals surface area contributed by atoms with Gasteiger partial charge in [-0.05, 0) is 31.2 Å². The molecule has 0 radical (unpaired) electrons. The second-order valence-corrected chi connectivity index (χ2v) is 4.76. The number of pyridine rings is 1. The molecular formula is C16H13NO4. The number of rotatable bonds is 3. The fraction of sp³-hybridized carbons (Fsp3) is 0.125. The van der Waals surface area contributed by atoms with E-state index in [4.69, 9.17) is 4.74 Å². The highest BCUT2D eigenvalue weighted by Crippen LogP contribution is 2.35. The van der Waals surface area contributed by atoms with Crippen LogP contribution in [0.25, 0.3) is 16.4 Å². The van der Waals surface area contributed by atoms with Gasteiger partial charge >= 0.3 is 5.97 Å². The number of ketones is 1. The number of hydrogen-bond donors (Lipinski definition) is 1. The van der Waals surface area contributed by atoms with Gasteiger partial charge in [0.1, 0.15) is 5.75 Å². The molecule has 106 valence electrons. The van der Waals surface area contributed by atoms with Gasteiger partial charge in [0.25, 0.3) is 0 Å². The van der Waals surface area contributed by atoms with Crippen molar-refractivity contribution in [3.8, 4) is 5.75 Å². The van der Waals surface area contributed by atoms with Gasteiger partial charge in [0, 0.05) is 11.8 Å². The van der Waals surface area contributed by atoms with Gasteiger partial charge in [0.2, 0.25) is 0 Å². The van der Waals surface area contributed by atoms with Crippen LogP contribution >= 0.6 is 0 Å². The average Bonchev–Trinajstić information content (AvgIpc) is 2.80. The Kier molecular flexibility index (Phi) is 2.90. The highest BCUT2D eigenvalue weighted by molar-refractivity contribution is 6.14. The van der Waals surface area contributed by atoms with E-state index in [9.17, 15) is 14.7 Å². The number of hydrogen-bond acceptors (Lipinski definition) is 3. The number of aromatic nitrogens is 1. The van der Waals surface area contributed by atoms with Crippen LogP contribution in [-0.2, 0) is 0 Å². The second kappa shape index (κ2) is 4.63. The third kappa shape index (κ3) is 1.86. The van der Waals surface area contributed by atoms with Crippen molar-refractivity contribution in [1.82, 2.24) is 4.40 Å². The first-order valence-electron chi connectivity index (χ1n) is 6.39. The number of carboxylic acids is 1. The molecule has 0 bridgehead atoms. The number of carboxylic acid groups (broad SMARTS) is 1. The molecule has 3 rings (SSSR count). The van der Waals surface area contributed by atoms with Crippen LogP contribution < -0.4 is 4.74 Å². The molecule has 5 nitrogen and oxygen atoms in total. The number of methoxy groups -OCH3 is 1. The van der Waals surface area contributed by atoms with Crippen molar-refractivity contribution >= 4 is 28.2 Å². The number of nitrogens with zero attached hydrogens (tertiary/aromatic N) is 1. The number of ether oxygens (including phenoxy) is 1. The van der Waals surface area contributed by atoms with Gasteiger partial charge in [-0.2, -0.15) is 0 Å². The standard InChI is InChI=1S/C16H13NO4/c1-9(18)10-7-12-14(13(8-10)21-2)15(16(19)20)11-5-3-4-6-17(11)12/h3-8H,1-2H3,(H,19,20). The highest BCUT2D eigenvalue weighted by Gasteiger charge is 2.22. The summed E-state index contributed by atoms with van der Waals surface area (Å²) in [6.07, 6.45) is 1.77. The zero-order chi connectivity index (χ0) is 15.1. The summed E-state index contributed by atoms with van der Waals surface area (Å²) in [5.41, 5.74) is 1.88. The molecule has 0 atom stereocenters. The zero-order valence-electron chi connectivity index (χ0n) is 11.6. The molecule has 0 unspecified atom stereocenters. The fourth-order valence-corrected chi connectivity index (χ4v) is 2.61. The lowest BCUT2D eigenvalue weighted by Gasteiger charge is -2.06. The van der Waals surface area contributed by atoms with Crippen LogP contribution in [0.5, 0.6) is 5.75 Å². The first kappa shape index (κ1) is 13.2. The van der Waals surface area contributed by atoms with Crippen molar-refractivity contribution < 1.29 is 19.4 Å². The van der Waals surface area contributed by atoms with Crippen LogP contribution in [0.2, 0.25) is 0 Å². The van der Waals surface area contributed by atoms with Gasteiger partial charge in [-0.15, -0.1) is 0 Å². The molecule has 0 aliphatic carbocycles. The summed E-state index contributed by atoms with van der Waals surface area (Å²) in [7, 11) is 1.46. The van der Waals surface area contributed by atoms with Gasteiger partial charge in [0.15, 0.2) is 5.78 Å². The van der Waals surface area contributed by atoms with E-state index in [1.54, 1.807) is 34.9 Å². The maximum Gasteiger partial charge on any atom is 0.338 e. The lowest BCUT2D eigenvalue weighted by Crippen LogP contribution is -1.98. The molecule has 0 aliphatic rings. The van der Waals surface area contributed by atoms with Crippen LogP contribution in [0, 0.1) is 0 Å². The molecule has 0 fully saturated rings. The smallest absolute Gasteiger partial charge is 0.338 e. The predicted molar refractivity (Wildman–Crippen MR) is 78.4 cm³/mol. The maximum atomic E-state index is 11.7. The molecule has 1 N–H and O–H groups in total. The Morgan fingerprint density at radius 2 is 1.95 bits per heavy atom. The van der Waals surface area contributed by atoms with Crippen molar-refractivity contribution in [2.45, 2.75) is 6.92 Å². The fourth-order valence-electron chi connectivity index (χ4n) is 2.61. The molecule has 2 heterocycles. The second-order valence-electron chi connectivity index (χ2n) is 4.76.